The average molecular weight is 394 g/mol. The Morgan fingerprint density at radius 2 is 1.79 bits per heavy atom. The van der Waals surface area contributed by atoms with Crippen LogP contribution < -0.4 is 5.32 Å². The Hall–Kier alpha value is -1.14. The molecule has 1 N–H and O–H groups in total. The molecule has 3 aliphatic rings. The van der Waals surface area contributed by atoms with E-state index >= 15 is 0 Å². The van der Waals surface area contributed by atoms with Gasteiger partial charge in [-0.2, -0.15) is 0 Å². The van der Waals surface area contributed by atoms with E-state index in [1.807, 2.05) is 4.90 Å². The van der Waals surface area contributed by atoms with Gasteiger partial charge in [0.1, 0.15) is 0 Å². The number of carbonyl (C=O) groups excluding carboxylic acids is 2. The van der Waals surface area contributed by atoms with Gasteiger partial charge >= 0.3 is 0 Å². The SMILES string of the molecule is CC(=O)N1CCCC(N(CCNC(=O)CCC2CCCC2)C2CCOCC2)C1. The van der Waals surface area contributed by atoms with Gasteiger partial charge in [-0.3, -0.25) is 14.5 Å². The fourth-order valence-corrected chi connectivity index (χ4v) is 5.24. The highest BCUT2D eigenvalue weighted by Crippen LogP contribution is 2.28. The Labute approximate surface area is 170 Å². The van der Waals surface area contributed by atoms with Crippen molar-refractivity contribution >= 4 is 11.8 Å². The molecule has 6 heteroatoms. The molecule has 3 fully saturated rings. The van der Waals surface area contributed by atoms with Crippen molar-refractivity contribution < 1.29 is 14.3 Å². The van der Waals surface area contributed by atoms with Crippen molar-refractivity contribution in [1.82, 2.24) is 15.1 Å². The number of hydrogen-bond acceptors (Lipinski definition) is 4. The van der Waals surface area contributed by atoms with Gasteiger partial charge in [0.05, 0.1) is 0 Å². The molecular formula is C22H39N3O3. The smallest absolute Gasteiger partial charge is 0.220 e. The summed E-state index contributed by atoms with van der Waals surface area (Å²) in [5.74, 6) is 1.15. The van der Waals surface area contributed by atoms with E-state index in [1.165, 1.54) is 25.7 Å². The second-order valence-electron chi connectivity index (χ2n) is 8.88. The predicted molar refractivity (Wildman–Crippen MR) is 110 cm³/mol. The van der Waals surface area contributed by atoms with Crippen LogP contribution in [0.3, 0.4) is 0 Å². The standard InChI is InChI=1S/C22H39N3O3/c1-18(26)24-13-4-7-21(17-24)25(20-10-15-28-16-11-20)14-12-23-22(27)9-8-19-5-2-3-6-19/h19-21H,2-17H2,1H3,(H,23,27). The Balaban J connectivity index is 1.47. The Kier molecular flexibility index (Phi) is 8.59. The first-order valence-corrected chi connectivity index (χ1v) is 11.5. The number of carbonyl (C=O) groups is 2. The van der Waals surface area contributed by atoms with Gasteiger partial charge in [0, 0.05) is 64.8 Å². The van der Waals surface area contributed by atoms with Gasteiger partial charge in [-0.1, -0.05) is 25.7 Å². The molecule has 1 atom stereocenters. The molecule has 2 saturated heterocycles. The number of likely N-dealkylation sites (tertiary alicyclic amines) is 1. The van der Waals surface area contributed by atoms with Gasteiger partial charge in [0.15, 0.2) is 0 Å². The summed E-state index contributed by atoms with van der Waals surface area (Å²) < 4.78 is 5.56. The lowest BCUT2D eigenvalue weighted by Gasteiger charge is -2.44. The summed E-state index contributed by atoms with van der Waals surface area (Å²) in [6.45, 7) is 6.59. The molecule has 0 aromatic rings. The van der Waals surface area contributed by atoms with Crippen LogP contribution in [0.1, 0.15) is 71.1 Å². The minimum Gasteiger partial charge on any atom is -0.381 e. The molecule has 2 amide bonds. The molecule has 0 radical (unpaired) electrons. The van der Waals surface area contributed by atoms with Crippen LogP contribution in [0.4, 0.5) is 0 Å². The molecule has 0 aromatic carbocycles. The van der Waals surface area contributed by atoms with E-state index in [9.17, 15) is 9.59 Å². The fraction of sp³-hybridized carbons (Fsp3) is 0.909. The van der Waals surface area contributed by atoms with Crippen molar-refractivity contribution in [1.29, 1.82) is 0 Å². The van der Waals surface area contributed by atoms with E-state index in [-0.39, 0.29) is 11.8 Å². The molecule has 3 rings (SSSR count). The molecule has 6 nitrogen and oxygen atoms in total. The van der Waals surface area contributed by atoms with Crippen LogP contribution in [0, 0.1) is 5.92 Å². The van der Waals surface area contributed by atoms with E-state index < -0.39 is 0 Å². The summed E-state index contributed by atoms with van der Waals surface area (Å²) in [6, 6.07) is 0.900. The molecular weight excluding hydrogens is 354 g/mol. The van der Waals surface area contributed by atoms with Crippen LogP contribution >= 0.6 is 0 Å². The monoisotopic (exact) mass is 393 g/mol. The number of hydrogen-bond donors (Lipinski definition) is 1. The summed E-state index contributed by atoms with van der Waals surface area (Å²) in [5.41, 5.74) is 0. The molecule has 2 heterocycles. The lowest BCUT2D eigenvalue weighted by atomic mass is 9.98. The first kappa shape index (κ1) is 21.6. The summed E-state index contributed by atoms with van der Waals surface area (Å²) >= 11 is 0. The molecule has 28 heavy (non-hydrogen) atoms. The van der Waals surface area contributed by atoms with Crippen molar-refractivity contribution in [2.45, 2.75) is 83.2 Å². The summed E-state index contributed by atoms with van der Waals surface area (Å²) in [7, 11) is 0. The average Bonchev–Trinajstić information content (AvgIpc) is 3.24. The van der Waals surface area contributed by atoms with Crippen molar-refractivity contribution in [2.24, 2.45) is 5.92 Å². The molecule has 1 saturated carbocycles. The van der Waals surface area contributed by atoms with Gasteiger partial charge in [-0.25, -0.2) is 0 Å². The van der Waals surface area contributed by atoms with Gasteiger partial charge in [-0.15, -0.1) is 0 Å². The summed E-state index contributed by atoms with van der Waals surface area (Å²) in [4.78, 5) is 28.7. The zero-order chi connectivity index (χ0) is 19.8. The lowest BCUT2D eigenvalue weighted by molar-refractivity contribution is -0.131. The van der Waals surface area contributed by atoms with Crippen LogP contribution in [-0.2, 0) is 14.3 Å². The minimum atomic E-state index is 0.178. The first-order valence-electron chi connectivity index (χ1n) is 11.5. The molecule has 160 valence electrons. The fourth-order valence-electron chi connectivity index (χ4n) is 5.24. The van der Waals surface area contributed by atoms with Crippen LogP contribution in [0.5, 0.6) is 0 Å². The number of rotatable bonds is 8. The van der Waals surface area contributed by atoms with Crippen molar-refractivity contribution in [3.8, 4) is 0 Å². The number of piperidine rings is 1. The zero-order valence-corrected chi connectivity index (χ0v) is 17.7. The van der Waals surface area contributed by atoms with E-state index in [4.69, 9.17) is 4.74 Å². The first-order chi connectivity index (χ1) is 13.6. The zero-order valence-electron chi connectivity index (χ0n) is 17.7. The third kappa shape index (κ3) is 6.45. The van der Waals surface area contributed by atoms with Crippen LogP contribution in [0.15, 0.2) is 0 Å². The van der Waals surface area contributed by atoms with Crippen molar-refractivity contribution in [2.75, 3.05) is 39.4 Å². The number of nitrogens with one attached hydrogen (secondary N) is 1. The highest BCUT2D eigenvalue weighted by Gasteiger charge is 2.31. The van der Waals surface area contributed by atoms with Crippen molar-refractivity contribution in [3.05, 3.63) is 0 Å². The topological polar surface area (TPSA) is 61.9 Å². The van der Waals surface area contributed by atoms with Crippen LogP contribution in [-0.4, -0.2) is 73.1 Å². The molecule has 0 aromatic heterocycles. The third-order valence-corrected chi connectivity index (χ3v) is 6.92. The van der Waals surface area contributed by atoms with E-state index in [0.717, 1.165) is 70.9 Å². The Morgan fingerprint density at radius 1 is 1.04 bits per heavy atom. The van der Waals surface area contributed by atoms with E-state index in [2.05, 4.69) is 10.2 Å². The van der Waals surface area contributed by atoms with Crippen molar-refractivity contribution in [3.63, 3.8) is 0 Å². The van der Waals surface area contributed by atoms with E-state index in [1.54, 1.807) is 6.92 Å². The summed E-state index contributed by atoms with van der Waals surface area (Å²) in [5, 5.41) is 3.16. The maximum absolute atomic E-state index is 12.3. The van der Waals surface area contributed by atoms with Gasteiger partial charge < -0.3 is 15.0 Å². The second kappa shape index (κ2) is 11.1. The summed E-state index contributed by atoms with van der Waals surface area (Å²) in [6.07, 6.45) is 11.3. The minimum absolute atomic E-state index is 0.178. The number of ether oxygens (including phenoxy) is 1. The largest absolute Gasteiger partial charge is 0.381 e. The van der Waals surface area contributed by atoms with Crippen LogP contribution in [0.2, 0.25) is 0 Å². The molecule has 1 aliphatic carbocycles. The molecule has 2 aliphatic heterocycles. The number of nitrogens with zero attached hydrogens (tertiary/aromatic N) is 2. The Bertz CT molecular complexity index is 501. The third-order valence-electron chi connectivity index (χ3n) is 6.92. The van der Waals surface area contributed by atoms with Gasteiger partial charge in [0.2, 0.25) is 11.8 Å². The van der Waals surface area contributed by atoms with Gasteiger partial charge in [-0.05, 0) is 38.0 Å². The molecule has 0 bridgehead atoms. The lowest BCUT2D eigenvalue weighted by Crippen LogP contribution is -2.55. The van der Waals surface area contributed by atoms with Crippen LogP contribution in [0.25, 0.3) is 0 Å². The highest BCUT2D eigenvalue weighted by atomic mass is 16.5. The quantitative estimate of drug-likeness (QED) is 0.688. The second-order valence-corrected chi connectivity index (χ2v) is 8.88. The molecule has 0 spiro atoms. The maximum atomic E-state index is 12.3. The van der Waals surface area contributed by atoms with E-state index in [0.29, 0.717) is 25.0 Å². The maximum Gasteiger partial charge on any atom is 0.220 e. The van der Waals surface area contributed by atoms with Gasteiger partial charge in [0.25, 0.3) is 0 Å². The predicted octanol–water partition coefficient (Wildman–Crippen LogP) is 2.56. The Morgan fingerprint density at radius 3 is 2.50 bits per heavy atom. The molecule has 1 unspecified atom stereocenters. The highest BCUT2D eigenvalue weighted by molar-refractivity contribution is 5.75. The number of amides is 2. The normalized spacial score (nSPS) is 24.6.